The summed E-state index contributed by atoms with van der Waals surface area (Å²) in [7, 11) is -3.50. The van der Waals surface area contributed by atoms with Crippen molar-refractivity contribution in [2.45, 2.75) is 182 Å². The summed E-state index contributed by atoms with van der Waals surface area (Å²) in [5.74, 6) is 0.0962. The van der Waals surface area contributed by atoms with Crippen LogP contribution in [0.2, 0.25) is 0 Å². The molecular formula is C29H61NO3S. The van der Waals surface area contributed by atoms with Crippen molar-refractivity contribution in [1.82, 2.24) is 5.06 Å². The molecule has 2 atom stereocenters. The van der Waals surface area contributed by atoms with Crippen LogP contribution >= 0.6 is 0 Å². The summed E-state index contributed by atoms with van der Waals surface area (Å²) in [5, 5.41) is 1.82. The molecule has 0 saturated heterocycles. The maximum absolute atomic E-state index is 12.4. The number of nitrogens with zero attached hydrogens (tertiary/aromatic N) is 1. The van der Waals surface area contributed by atoms with Crippen LogP contribution in [0.1, 0.15) is 169 Å². The molecule has 0 aromatic heterocycles. The highest BCUT2D eigenvalue weighted by molar-refractivity contribution is 7.86. The van der Waals surface area contributed by atoms with Crippen LogP contribution in [0, 0.1) is 0 Å². The van der Waals surface area contributed by atoms with Gasteiger partial charge in [0.25, 0.3) is 10.1 Å². The minimum atomic E-state index is -3.50. The van der Waals surface area contributed by atoms with E-state index in [9.17, 15) is 8.42 Å². The van der Waals surface area contributed by atoms with Crippen molar-refractivity contribution in [3.05, 3.63) is 0 Å². The van der Waals surface area contributed by atoms with E-state index in [1.54, 1.807) is 0 Å². The van der Waals surface area contributed by atoms with Gasteiger partial charge in [-0.05, 0) is 33.1 Å². The fraction of sp³-hybridized carbons (Fsp3) is 1.00. The normalized spacial score (nSPS) is 14.1. The highest BCUT2D eigenvalue weighted by Crippen LogP contribution is 2.21. The SMILES string of the molecule is CCCCCCCCCCCC(C)N(OS(=O)(=O)CCC)C(C)CCCCCCCCCCC. The molecule has 0 amide bonds. The molecule has 0 rings (SSSR count). The van der Waals surface area contributed by atoms with Crippen LogP contribution in [0.3, 0.4) is 0 Å². The van der Waals surface area contributed by atoms with E-state index in [4.69, 9.17) is 4.28 Å². The minimum absolute atomic E-state index is 0.0962. The minimum Gasteiger partial charge on any atom is -0.198 e. The van der Waals surface area contributed by atoms with Crippen LogP contribution in [0.5, 0.6) is 0 Å². The van der Waals surface area contributed by atoms with Crippen molar-refractivity contribution in [3.8, 4) is 0 Å². The fourth-order valence-electron chi connectivity index (χ4n) is 4.76. The van der Waals surface area contributed by atoms with Gasteiger partial charge in [0.2, 0.25) is 0 Å². The van der Waals surface area contributed by atoms with Crippen molar-refractivity contribution < 1.29 is 12.7 Å². The molecule has 0 spiro atoms. The first-order valence-electron chi connectivity index (χ1n) is 15.1. The third-order valence-corrected chi connectivity index (χ3v) is 8.28. The smallest absolute Gasteiger partial charge is 0.198 e. The second kappa shape index (κ2) is 23.3. The third kappa shape index (κ3) is 20.1. The van der Waals surface area contributed by atoms with Gasteiger partial charge in [0.15, 0.2) is 0 Å². The Morgan fingerprint density at radius 3 is 1.18 bits per heavy atom. The van der Waals surface area contributed by atoms with Gasteiger partial charge in [0.05, 0.1) is 5.75 Å². The highest BCUT2D eigenvalue weighted by Gasteiger charge is 2.26. The van der Waals surface area contributed by atoms with Crippen molar-refractivity contribution >= 4 is 10.1 Å². The van der Waals surface area contributed by atoms with Crippen LogP contribution in [0.15, 0.2) is 0 Å². The molecule has 0 N–H and O–H groups in total. The standard InChI is InChI=1S/C29H61NO3S/c1-6-9-11-13-15-17-19-21-23-25-28(4)30(33-34(31,32)27-8-3)29(5)26-24-22-20-18-16-14-12-10-7-2/h28-29H,6-27H2,1-5H3. The number of hydrogen-bond donors (Lipinski definition) is 0. The van der Waals surface area contributed by atoms with Crippen LogP contribution in [-0.4, -0.2) is 31.3 Å². The summed E-state index contributed by atoms with van der Waals surface area (Å²) in [6.45, 7) is 10.7. The molecule has 34 heavy (non-hydrogen) atoms. The number of rotatable bonds is 26. The van der Waals surface area contributed by atoms with Crippen LogP contribution in [-0.2, 0) is 14.4 Å². The largest absolute Gasteiger partial charge is 0.283 e. The summed E-state index contributed by atoms with van der Waals surface area (Å²) in [6, 6.07) is 0.259. The van der Waals surface area contributed by atoms with Crippen LogP contribution in [0.4, 0.5) is 0 Å². The van der Waals surface area contributed by atoms with Gasteiger partial charge in [0, 0.05) is 12.1 Å². The van der Waals surface area contributed by atoms with Crippen molar-refractivity contribution in [3.63, 3.8) is 0 Å². The lowest BCUT2D eigenvalue weighted by Gasteiger charge is -2.32. The first kappa shape index (κ1) is 33.9. The summed E-state index contributed by atoms with van der Waals surface area (Å²) >= 11 is 0. The monoisotopic (exact) mass is 503 g/mol. The van der Waals surface area contributed by atoms with E-state index in [0.29, 0.717) is 6.42 Å². The average molecular weight is 504 g/mol. The van der Waals surface area contributed by atoms with E-state index in [2.05, 4.69) is 27.7 Å². The Labute approximate surface area is 215 Å². The third-order valence-electron chi connectivity index (χ3n) is 6.97. The van der Waals surface area contributed by atoms with E-state index >= 15 is 0 Å². The predicted molar refractivity (Wildman–Crippen MR) is 150 cm³/mol. The number of hydrogen-bond acceptors (Lipinski definition) is 4. The summed E-state index contributed by atoms with van der Waals surface area (Å²) in [4.78, 5) is 0. The van der Waals surface area contributed by atoms with E-state index < -0.39 is 10.1 Å². The second-order valence-corrected chi connectivity index (χ2v) is 12.3. The van der Waals surface area contributed by atoms with Crippen molar-refractivity contribution in [2.24, 2.45) is 0 Å². The van der Waals surface area contributed by atoms with Crippen molar-refractivity contribution in [1.29, 1.82) is 0 Å². The molecule has 0 aliphatic rings. The fourth-order valence-corrected chi connectivity index (χ4v) is 5.89. The second-order valence-electron chi connectivity index (χ2n) is 10.6. The number of hydroxylamine groups is 2. The zero-order valence-electron chi connectivity index (χ0n) is 23.8. The van der Waals surface area contributed by atoms with Crippen molar-refractivity contribution in [2.75, 3.05) is 5.75 Å². The molecule has 0 bridgehead atoms. The van der Waals surface area contributed by atoms with E-state index in [-0.39, 0.29) is 17.8 Å². The maximum Gasteiger partial charge on any atom is 0.283 e. The lowest BCUT2D eigenvalue weighted by atomic mass is 10.0. The molecule has 206 valence electrons. The molecule has 0 saturated carbocycles. The van der Waals surface area contributed by atoms with E-state index in [0.717, 1.165) is 25.7 Å². The average Bonchev–Trinajstić information content (AvgIpc) is 2.80. The lowest BCUT2D eigenvalue weighted by molar-refractivity contribution is -0.120. The zero-order valence-corrected chi connectivity index (χ0v) is 24.6. The Balaban J connectivity index is 4.34. The first-order chi connectivity index (χ1) is 16.4. The maximum atomic E-state index is 12.4. The Hall–Kier alpha value is -0.130. The topological polar surface area (TPSA) is 46.6 Å². The molecular weight excluding hydrogens is 442 g/mol. The quantitative estimate of drug-likeness (QED) is 0.0870. The molecule has 0 fully saturated rings. The van der Waals surface area contributed by atoms with E-state index in [1.807, 2.05) is 12.0 Å². The molecule has 0 aliphatic carbocycles. The Kier molecular flexibility index (Phi) is 23.2. The summed E-state index contributed by atoms with van der Waals surface area (Å²) in [5.41, 5.74) is 0. The van der Waals surface area contributed by atoms with Gasteiger partial charge in [-0.2, -0.15) is 17.8 Å². The Morgan fingerprint density at radius 1 is 0.529 bits per heavy atom. The van der Waals surface area contributed by atoms with Gasteiger partial charge >= 0.3 is 0 Å². The molecule has 0 aromatic carbocycles. The van der Waals surface area contributed by atoms with Gasteiger partial charge in [-0.1, -0.05) is 136 Å². The van der Waals surface area contributed by atoms with Gasteiger partial charge in [-0.25, -0.2) is 0 Å². The number of unbranched alkanes of at least 4 members (excludes halogenated alkanes) is 16. The zero-order chi connectivity index (χ0) is 25.5. The molecule has 2 unspecified atom stereocenters. The predicted octanol–water partition coefficient (Wildman–Crippen LogP) is 9.58. The van der Waals surface area contributed by atoms with Gasteiger partial charge in [-0.15, -0.1) is 0 Å². The highest BCUT2D eigenvalue weighted by atomic mass is 32.2. The molecule has 5 heteroatoms. The van der Waals surface area contributed by atoms with Gasteiger partial charge in [-0.3, -0.25) is 0 Å². The molecule has 0 aromatic rings. The molecule has 4 nitrogen and oxygen atoms in total. The Morgan fingerprint density at radius 2 is 0.853 bits per heavy atom. The molecule has 0 aliphatic heterocycles. The summed E-state index contributed by atoms with van der Waals surface area (Å²) < 4.78 is 30.5. The molecule has 0 heterocycles. The van der Waals surface area contributed by atoms with Gasteiger partial charge in [0.1, 0.15) is 0 Å². The van der Waals surface area contributed by atoms with Crippen LogP contribution < -0.4 is 0 Å². The first-order valence-corrected chi connectivity index (χ1v) is 16.7. The van der Waals surface area contributed by atoms with E-state index in [1.165, 1.54) is 103 Å². The lowest BCUT2D eigenvalue weighted by Crippen LogP contribution is -2.42. The molecule has 0 radical (unpaired) electrons. The Bertz CT molecular complexity index is 495. The summed E-state index contributed by atoms with van der Waals surface area (Å²) in [6.07, 6.45) is 26.2. The van der Waals surface area contributed by atoms with Gasteiger partial charge < -0.3 is 0 Å². The van der Waals surface area contributed by atoms with Crippen LogP contribution in [0.25, 0.3) is 0 Å².